The molecule has 1 aromatic heterocycles. The summed E-state index contributed by atoms with van der Waals surface area (Å²) in [7, 11) is 1.64. The van der Waals surface area contributed by atoms with Crippen LogP contribution in [0.2, 0.25) is 0 Å². The molecule has 0 spiro atoms. The van der Waals surface area contributed by atoms with Crippen LogP contribution in [0.25, 0.3) is 0 Å². The van der Waals surface area contributed by atoms with E-state index in [-0.39, 0.29) is 0 Å². The summed E-state index contributed by atoms with van der Waals surface area (Å²) >= 11 is 0. The first-order valence-electron chi connectivity index (χ1n) is 5.01. The summed E-state index contributed by atoms with van der Waals surface area (Å²) in [6.07, 6.45) is 2.41. The van der Waals surface area contributed by atoms with Crippen LogP contribution >= 0.6 is 0 Å². The normalized spacial score (nSPS) is 10.7. The number of nitrogens with one attached hydrogen (secondary N) is 1. The van der Waals surface area contributed by atoms with Gasteiger partial charge in [0.1, 0.15) is 6.61 Å². The molecule has 0 saturated carbocycles. The molecule has 80 valence electrons. The maximum absolute atomic E-state index is 5.05. The van der Waals surface area contributed by atoms with Crippen LogP contribution in [-0.2, 0) is 17.9 Å². The Morgan fingerprint density at radius 2 is 2.43 bits per heavy atom. The van der Waals surface area contributed by atoms with Gasteiger partial charge in [0, 0.05) is 19.7 Å². The van der Waals surface area contributed by atoms with Gasteiger partial charge in [0.15, 0.2) is 5.76 Å². The fraction of sp³-hybridized carbons (Fsp3) is 0.700. The van der Waals surface area contributed by atoms with Gasteiger partial charge in [0.05, 0.1) is 5.69 Å². The fourth-order valence-corrected chi connectivity index (χ4v) is 1.17. The number of hydrogen-bond acceptors (Lipinski definition) is 4. The molecule has 1 aromatic rings. The van der Waals surface area contributed by atoms with Crippen LogP contribution in [0.4, 0.5) is 0 Å². The molecule has 14 heavy (non-hydrogen) atoms. The zero-order valence-electron chi connectivity index (χ0n) is 8.88. The molecular weight excluding hydrogens is 180 g/mol. The molecule has 0 aliphatic heterocycles. The summed E-state index contributed by atoms with van der Waals surface area (Å²) in [6, 6.07) is 1.92. The van der Waals surface area contributed by atoms with Gasteiger partial charge in [-0.05, 0) is 13.0 Å². The van der Waals surface area contributed by atoms with Crippen molar-refractivity contribution in [3.8, 4) is 0 Å². The highest BCUT2D eigenvalue weighted by molar-refractivity contribution is 5.03. The van der Waals surface area contributed by atoms with E-state index < -0.39 is 0 Å². The van der Waals surface area contributed by atoms with Gasteiger partial charge in [-0.3, -0.25) is 0 Å². The average Bonchev–Trinajstić information content (AvgIpc) is 2.61. The highest BCUT2D eigenvalue weighted by atomic mass is 16.5. The Hall–Kier alpha value is -0.870. The van der Waals surface area contributed by atoms with Crippen molar-refractivity contribution in [3.63, 3.8) is 0 Å². The zero-order chi connectivity index (χ0) is 10.2. The van der Waals surface area contributed by atoms with E-state index in [1.165, 1.54) is 12.8 Å². The molecule has 0 aliphatic rings. The van der Waals surface area contributed by atoms with E-state index in [0.717, 1.165) is 24.5 Å². The Kier molecular flexibility index (Phi) is 5.25. The topological polar surface area (TPSA) is 47.3 Å². The standard InChI is InChI=1S/C10H18N2O2/c1-3-4-5-11-7-9-6-10(8-13-2)14-12-9/h6,11H,3-5,7-8H2,1-2H3. The van der Waals surface area contributed by atoms with E-state index in [1.54, 1.807) is 7.11 Å². The summed E-state index contributed by atoms with van der Waals surface area (Å²) in [5.41, 5.74) is 0.938. The van der Waals surface area contributed by atoms with Crippen LogP contribution in [0, 0.1) is 0 Å². The van der Waals surface area contributed by atoms with Crippen molar-refractivity contribution in [2.24, 2.45) is 0 Å². The molecule has 0 bridgehead atoms. The van der Waals surface area contributed by atoms with Crippen LogP contribution in [0.5, 0.6) is 0 Å². The van der Waals surface area contributed by atoms with Gasteiger partial charge in [-0.15, -0.1) is 0 Å². The summed E-state index contributed by atoms with van der Waals surface area (Å²) in [5.74, 6) is 0.778. The minimum absolute atomic E-state index is 0.488. The molecule has 1 rings (SSSR count). The zero-order valence-corrected chi connectivity index (χ0v) is 8.88. The van der Waals surface area contributed by atoms with Gasteiger partial charge in [-0.1, -0.05) is 18.5 Å². The number of hydrogen-bond donors (Lipinski definition) is 1. The van der Waals surface area contributed by atoms with E-state index in [9.17, 15) is 0 Å². The van der Waals surface area contributed by atoms with Crippen molar-refractivity contribution in [1.82, 2.24) is 10.5 Å². The van der Waals surface area contributed by atoms with Gasteiger partial charge in [0.25, 0.3) is 0 Å². The Balaban J connectivity index is 2.22. The number of ether oxygens (including phenoxy) is 1. The average molecular weight is 198 g/mol. The largest absolute Gasteiger partial charge is 0.377 e. The monoisotopic (exact) mass is 198 g/mol. The van der Waals surface area contributed by atoms with E-state index in [0.29, 0.717) is 6.61 Å². The van der Waals surface area contributed by atoms with E-state index in [1.807, 2.05) is 6.07 Å². The lowest BCUT2D eigenvalue weighted by atomic mass is 10.3. The van der Waals surface area contributed by atoms with E-state index in [4.69, 9.17) is 9.26 Å². The van der Waals surface area contributed by atoms with Crippen LogP contribution in [-0.4, -0.2) is 18.8 Å². The number of methoxy groups -OCH3 is 1. The van der Waals surface area contributed by atoms with Gasteiger partial charge < -0.3 is 14.6 Å². The predicted molar refractivity (Wildman–Crippen MR) is 53.8 cm³/mol. The van der Waals surface area contributed by atoms with E-state index in [2.05, 4.69) is 17.4 Å². The molecule has 1 heterocycles. The molecule has 0 aliphatic carbocycles. The van der Waals surface area contributed by atoms with Crippen LogP contribution in [0.3, 0.4) is 0 Å². The molecule has 0 amide bonds. The lowest BCUT2D eigenvalue weighted by Gasteiger charge is -1.98. The summed E-state index contributed by atoms with van der Waals surface area (Å²) in [4.78, 5) is 0. The highest BCUT2D eigenvalue weighted by Gasteiger charge is 2.02. The van der Waals surface area contributed by atoms with Gasteiger partial charge in [-0.25, -0.2) is 0 Å². The second kappa shape index (κ2) is 6.56. The highest BCUT2D eigenvalue weighted by Crippen LogP contribution is 2.04. The smallest absolute Gasteiger partial charge is 0.162 e. The lowest BCUT2D eigenvalue weighted by Crippen LogP contribution is -2.14. The molecule has 0 saturated heterocycles. The molecule has 0 fully saturated rings. The third-order valence-electron chi connectivity index (χ3n) is 1.91. The fourth-order valence-electron chi connectivity index (χ4n) is 1.17. The maximum atomic E-state index is 5.05. The molecule has 0 atom stereocenters. The number of rotatable bonds is 7. The number of nitrogens with zero attached hydrogens (tertiary/aromatic N) is 1. The molecule has 0 radical (unpaired) electrons. The number of unbranched alkanes of at least 4 members (excludes halogenated alkanes) is 1. The SMILES string of the molecule is CCCCNCc1cc(COC)on1. The molecule has 0 unspecified atom stereocenters. The second-order valence-electron chi connectivity index (χ2n) is 3.25. The third kappa shape index (κ3) is 3.89. The molecule has 0 aromatic carbocycles. The minimum Gasteiger partial charge on any atom is -0.377 e. The molecule has 1 N–H and O–H groups in total. The maximum Gasteiger partial charge on any atom is 0.162 e. The van der Waals surface area contributed by atoms with Crippen molar-refractivity contribution >= 4 is 0 Å². The molecule has 4 heteroatoms. The first-order valence-corrected chi connectivity index (χ1v) is 5.01. The minimum atomic E-state index is 0.488. The van der Waals surface area contributed by atoms with Crippen molar-refractivity contribution in [2.75, 3.05) is 13.7 Å². The summed E-state index contributed by atoms with van der Waals surface area (Å²) in [5, 5.41) is 7.21. The molecular formula is C10H18N2O2. The number of aromatic nitrogens is 1. The first-order chi connectivity index (χ1) is 6.86. The van der Waals surface area contributed by atoms with Gasteiger partial charge in [0.2, 0.25) is 0 Å². The van der Waals surface area contributed by atoms with Crippen LogP contribution in [0.1, 0.15) is 31.2 Å². The quantitative estimate of drug-likeness (QED) is 0.677. The summed E-state index contributed by atoms with van der Waals surface area (Å²) < 4.78 is 9.98. The Morgan fingerprint density at radius 1 is 1.57 bits per heavy atom. The van der Waals surface area contributed by atoms with Gasteiger partial charge >= 0.3 is 0 Å². The van der Waals surface area contributed by atoms with E-state index >= 15 is 0 Å². The Bertz CT molecular complexity index is 248. The van der Waals surface area contributed by atoms with Crippen molar-refractivity contribution in [3.05, 3.63) is 17.5 Å². The van der Waals surface area contributed by atoms with Crippen molar-refractivity contribution in [1.29, 1.82) is 0 Å². The molecule has 4 nitrogen and oxygen atoms in total. The second-order valence-corrected chi connectivity index (χ2v) is 3.25. The predicted octanol–water partition coefficient (Wildman–Crippen LogP) is 1.71. The van der Waals surface area contributed by atoms with Crippen LogP contribution < -0.4 is 5.32 Å². The lowest BCUT2D eigenvalue weighted by molar-refractivity contribution is 0.155. The Labute approximate surface area is 84.6 Å². The van der Waals surface area contributed by atoms with Crippen molar-refractivity contribution in [2.45, 2.75) is 32.9 Å². The first kappa shape index (κ1) is 11.2. The van der Waals surface area contributed by atoms with Crippen LogP contribution in [0.15, 0.2) is 10.6 Å². The van der Waals surface area contributed by atoms with Gasteiger partial charge in [-0.2, -0.15) is 0 Å². The Morgan fingerprint density at radius 3 is 3.14 bits per heavy atom. The van der Waals surface area contributed by atoms with Crippen molar-refractivity contribution < 1.29 is 9.26 Å². The summed E-state index contributed by atoms with van der Waals surface area (Å²) in [6.45, 7) is 4.46. The third-order valence-corrected chi connectivity index (χ3v) is 1.91.